The molecule has 2 aromatic carbocycles. The molecule has 0 unspecified atom stereocenters. The number of aryl methyl sites for hydroxylation is 1. The van der Waals surface area contributed by atoms with Crippen molar-refractivity contribution >= 4 is 38.0 Å². The summed E-state index contributed by atoms with van der Waals surface area (Å²) in [5, 5.41) is 28.2. The molecule has 10 heteroatoms. The molecule has 0 amide bonds. The zero-order valence-electron chi connectivity index (χ0n) is 13.3. The normalized spacial score (nSPS) is 11.5. The van der Waals surface area contributed by atoms with Crippen molar-refractivity contribution in [2.24, 2.45) is 10.2 Å². The van der Waals surface area contributed by atoms with E-state index in [-0.39, 0.29) is 22.7 Å². The Hall–Kier alpha value is -2.87. The Morgan fingerprint density at radius 3 is 2.58 bits per heavy atom. The number of nitrogens with zero attached hydrogens (tertiary/aromatic N) is 2. The maximum absolute atomic E-state index is 11.6. The molecular weight excluding hydrogens is 407 g/mol. The zero-order chi connectivity index (χ0) is 18.8. The summed E-state index contributed by atoms with van der Waals surface area (Å²) in [6.45, 7) is 1.65. The summed E-state index contributed by atoms with van der Waals surface area (Å²) in [5.74, 6) is -0.972. The van der Waals surface area contributed by atoms with Crippen molar-refractivity contribution in [1.82, 2.24) is 0 Å². The van der Waals surface area contributed by atoms with Gasteiger partial charge in [0.1, 0.15) is 0 Å². The van der Waals surface area contributed by atoms with E-state index in [4.69, 9.17) is 16.3 Å². The predicted octanol–water partition coefficient (Wildman–Crippen LogP) is 2.28. The number of azo groups is 1. The number of benzene rings is 2. The summed E-state index contributed by atoms with van der Waals surface area (Å²) in [5.41, 5.74) is -0.236. The monoisotopic (exact) mass is 420 g/mol. The summed E-state index contributed by atoms with van der Waals surface area (Å²) in [7, 11) is 0. The van der Waals surface area contributed by atoms with Crippen LogP contribution in [0.2, 0.25) is 0 Å². The first-order valence-electron chi connectivity index (χ1n) is 7.23. The average molecular weight is 420 g/mol. The fourth-order valence-electron chi connectivity index (χ4n) is 2.31. The van der Waals surface area contributed by atoms with E-state index in [0.29, 0.717) is 10.9 Å². The third-order valence-corrected chi connectivity index (χ3v) is 4.23. The molecule has 0 bridgehead atoms. The van der Waals surface area contributed by atoms with E-state index in [2.05, 4.69) is 10.2 Å². The molecule has 3 aromatic rings. The molecular formula is C16H13AsN2O7. The van der Waals surface area contributed by atoms with Crippen LogP contribution in [0.5, 0.6) is 17.2 Å². The second-order valence-corrected chi connectivity index (χ2v) is 6.67. The Morgan fingerprint density at radius 1 is 1.12 bits per heavy atom. The predicted molar refractivity (Wildman–Crippen MR) is 92.0 cm³/mol. The molecule has 0 atom stereocenters. The first-order chi connectivity index (χ1) is 12.4. The number of phenols is 2. The van der Waals surface area contributed by atoms with Crippen molar-refractivity contribution in [1.29, 1.82) is 0 Å². The van der Waals surface area contributed by atoms with Gasteiger partial charge >= 0.3 is 151 Å². The van der Waals surface area contributed by atoms with Crippen LogP contribution in [0.15, 0.2) is 55.8 Å². The van der Waals surface area contributed by atoms with Crippen molar-refractivity contribution in [2.45, 2.75) is 6.92 Å². The van der Waals surface area contributed by atoms with Gasteiger partial charge in [-0.15, -0.1) is 0 Å². The van der Waals surface area contributed by atoms with E-state index in [1.54, 1.807) is 19.1 Å². The van der Waals surface area contributed by atoms with Crippen LogP contribution in [-0.4, -0.2) is 34.1 Å². The molecule has 9 nitrogen and oxygen atoms in total. The van der Waals surface area contributed by atoms with Gasteiger partial charge in [-0.2, -0.15) is 0 Å². The first kappa shape index (κ1) is 17.9. The fourth-order valence-corrected chi connectivity index (χ4v) is 3.00. The molecule has 0 spiro atoms. The molecule has 0 fully saturated rings. The van der Waals surface area contributed by atoms with Crippen molar-refractivity contribution in [3.63, 3.8) is 0 Å². The second-order valence-electron chi connectivity index (χ2n) is 5.23. The molecule has 134 valence electrons. The van der Waals surface area contributed by atoms with E-state index < -0.39 is 32.8 Å². The molecule has 3 rings (SSSR count). The minimum absolute atomic E-state index is 0.0375. The fraction of sp³-hybridized carbons (Fsp3) is 0.0625. The van der Waals surface area contributed by atoms with Crippen LogP contribution in [0.1, 0.15) is 5.56 Å². The third kappa shape index (κ3) is 3.55. The SMILES string of the molecule is Cc1cc(=O)oc2c(N=Nc3ccccc3O[As](O)O)c(O)c(O)cc12. The van der Waals surface area contributed by atoms with E-state index in [1.807, 2.05) is 0 Å². The Kier molecular flexibility index (Phi) is 4.94. The van der Waals surface area contributed by atoms with Crippen LogP contribution in [0.4, 0.5) is 11.4 Å². The van der Waals surface area contributed by atoms with Gasteiger partial charge < -0.3 is 0 Å². The third-order valence-electron chi connectivity index (χ3n) is 3.47. The molecule has 0 saturated heterocycles. The summed E-state index contributed by atoms with van der Waals surface area (Å²) in [6, 6.07) is 8.70. The number of para-hydroxylation sites is 1. The molecule has 0 radical (unpaired) electrons. The van der Waals surface area contributed by atoms with Gasteiger partial charge in [-0.1, -0.05) is 0 Å². The summed E-state index contributed by atoms with van der Waals surface area (Å²) < 4.78 is 28.2. The zero-order valence-corrected chi connectivity index (χ0v) is 15.2. The van der Waals surface area contributed by atoms with Crippen molar-refractivity contribution in [3.05, 3.63) is 52.4 Å². The van der Waals surface area contributed by atoms with Crippen molar-refractivity contribution in [3.8, 4) is 17.2 Å². The second kappa shape index (κ2) is 7.17. The number of hydrogen-bond donors (Lipinski definition) is 4. The van der Waals surface area contributed by atoms with Crippen LogP contribution in [0.25, 0.3) is 11.0 Å². The number of aromatic hydroxyl groups is 2. The summed E-state index contributed by atoms with van der Waals surface area (Å²) >= 11 is -3.41. The molecule has 26 heavy (non-hydrogen) atoms. The Bertz CT molecular complexity index is 1060. The quantitative estimate of drug-likeness (QED) is 0.219. The van der Waals surface area contributed by atoms with E-state index in [1.165, 1.54) is 24.3 Å². The van der Waals surface area contributed by atoms with Gasteiger partial charge in [0.15, 0.2) is 0 Å². The van der Waals surface area contributed by atoms with Crippen LogP contribution in [-0.2, 0) is 0 Å². The van der Waals surface area contributed by atoms with Gasteiger partial charge in [-0.25, -0.2) is 0 Å². The molecule has 1 heterocycles. The van der Waals surface area contributed by atoms with Gasteiger partial charge in [-0.3, -0.25) is 0 Å². The summed E-state index contributed by atoms with van der Waals surface area (Å²) in [6.07, 6.45) is 0. The minimum atomic E-state index is -3.41. The van der Waals surface area contributed by atoms with Crippen LogP contribution in [0, 0.1) is 6.92 Å². The molecule has 0 aliphatic heterocycles. The number of rotatable bonds is 4. The standard InChI is InChI=1S/C16H13AsN2O7/c1-8-6-13(21)25-16-9(8)7-11(20)15(22)14(16)19-18-10-4-2-3-5-12(10)26-17(23)24/h2-7,20,22-24H,1H3. The van der Waals surface area contributed by atoms with Gasteiger partial charge in [0, 0.05) is 0 Å². The van der Waals surface area contributed by atoms with Crippen LogP contribution < -0.4 is 9.35 Å². The van der Waals surface area contributed by atoms with E-state index >= 15 is 0 Å². The van der Waals surface area contributed by atoms with Gasteiger partial charge in [0.2, 0.25) is 0 Å². The average Bonchev–Trinajstić information content (AvgIpc) is 2.57. The number of fused-ring (bicyclic) bond motifs is 1. The molecule has 0 aliphatic rings. The van der Waals surface area contributed by atoms with Gasteiger partial charge in [-0.05, 0) is 0 Å². The summed E-state index contributed by atoms with van der Waals surface area (Å²) in [4.78, 5) is 11.6. The molecule has 0 saturated carbocycles. The Morgan fingerprint density at radius 2 is 1.85 bits per heavy atom. The van der Waals surface area contributed by atoms with Gasteiger partial charge in [0.25, 0.3) is 0 Å². The van der Waals surface area contributed by atoms with Crippen molar-refractivity contribution < 1.29 is 26.5 Å². The topological polar surface area (TPSA) is 145 Å². The van der Waals surface area contributed by atoms with Crippen LogP contribution in [0.3, 0.4) is 0 Å². The van der Waals surface area contributed by atoms with E-state index in [0.717, 1.165) is 0 Å². The Balaban J connectivity index is 2.17. The van der Waals surface area contributed by atoms with Gasteiger partial charge in [0.05, 0.1) is 0 Å². The first-order valence-corrected chi connectivity index (χ1v) is 9.67. The molecule has 1 aromatic heterocycles. The van der Waals surface area contributed by atoms with Crippen molar-refractivity contribution in [2.75, 3.05) is 0 Å². The molecule has 4 N–H and O–H groups in total. The molecule has 0 aliphatic carbocycles. The number of hydrogen-bond acceptors (Lipinski definition) is 9. The van der Waals surface area contributed by atoms with E-state index in [9.17, 15) is 15.0 Å². The number of phenolic OH excluding ortho intramolecular Hbond substituents is 2. The van der Waals surface area contributed by atoms with Crippen LogP contribution >= 0.6 is 0 Å². The maximum atomic E-state index is 11.6. The Labute approximate surface area is 151 Å².